The van der Waals surface area contributed by atoms with Gasteiger partial charge in [0.05, 0.1) is 13.2 Å². The summed E-state index contributed by atoms with van der Waals surface area (Å²) in [5.74, 6) is -0.824. The molecular weight excluding hydrogens is 834 g/mol. The highest BCUT2D eigenvalue weighted by atomic mass is 31.2. The molecule has 0 saturated heterocycles. The Morgan fingerprint density at radius 2 is 0.846 bits per heavy atom. The summed E-state index contributed by atoms with van der Waals surface area (Å²) >= 11 is 0. The van der Waals surface area contributed by atoms with Gasteiger partial charge >= 0.3 is 19.8 Å². The summed E-state index contributed by atoms with van der Waals surface area (Å²) in [6.07, 6.45) is 62.2. The number of rotatable bonds is 51. The predicted molar refractivity (Wildman–Crippen MR) is 275 cm³/mol. The van der Waals surface area contributed by atoms with Gasteiger partial charge in [0, 0.05) is 19.4 Å². The zero-order valence-corrected chi connectivity index (χ0v) is 43.1. The molecule has 0 aromatic rings. The largest absolute Gasteiger partial charge is 0.472 e. The minimum absolute atomic E-state index is 0.0554. The number of esters is 2. The van der Waals surface area contributed by atoms with Gasteiger partial charge in [-0.3, -0.25) is 18.6 Å². The summed E-state index contributed by atoms with van der Waals surface area (Å²) < 4.78 is 32.7. The van der Waals surface area contributed by atoms with Crippen molar-refractivity contribution in [2.45, 2.75) is 264 Å². The van der Waals surface area contributed by atoms with Crippen LogP contribution in [-0.4, -0.2) is 49.3 Å². The number of phosphoric acid groups is 1. The van der Waals surface area contributed by atoms with Crippen LogP contribution in [0.3, 0.4) is 0 Å². The van der Waals surface area contributed by atoms with E-state index in [1.165, 1.54) is 167 Å². The quantitative estimate of drug-likeness (QED) is 0.0265. The second kappa shape index (κ2) is 51.4. The van der Waals surface area contributed by atoms with Crippen molar-refractivity contribution >= 4 is 19.8 Å². The van der Waals surface area contributed by atoms with Crippen LogP contribution < -0.4 is 5.73 Å². The second-order valence-electron chi connectivity index (χ2n) is 18.1. The highest BCUT2D eigenvalue weighted by Gasteiger charge is 2.26. The van der Waals surface area contributed by atoms with E-state index >= 15 is 0 Å². The molecule has 0 bridgehead atoms. The normalized spacial score (nSPS) is 13.5. The highest BCUT2D eigenvalue weighted by molar-refractivity contribution is 7.47. The fourth-order valence-electron chi connectivity index (χ4n) is 7.75. The maximum Gasteiger partial charge on any atom is 0.472 e. The van der Waals surface area contributed by atoms with Gasteiger partial charge in [-0.05, 0) is 51.4 Å². The van der Waals surface area contributed by atoms with Crippen LogP contribution in [0.1, 0.15) is 258 Å². The minimum atomic E-state index is -4.37. The predicted octanol–water partition coefficient (Wildman–Crippen LogP) is 16.6. The maximum absolute atomic E-state index is 12.6. The van der Waals surface area contributed by atoms with E-state index in [1.807, 2.05) is 0 Å². The minimum Gasteiger partial charge on any atom is -0.462 e. The number of unbranched alkanes of at least 4 members (excludes halogenated alkanes) is 30. The molecule has 0 heterocycles. The zero-order valence-electron chi connectivity index (χ0n) is 42.2. The van der Waals surface area contributed by atoms with Crippen molar-refractivity contribution in [3.63, 3.8) is 0 Å². The number of ether oxygens (including phenoxy) is 2. The van der Waals surface area contributed by atoms with Crippen LogP contribution in [0.5, 0.6) is 0 Å². The van der Waals surface area contributed by atoms with Crippen molar-refractivity contribution in [2.24, 2.45) is 5.73 Å². The number of carbonyl (C=O) groups is 2. The van der Waals surface area contributed by atoms with E-state index in [0.29, 0.717) is 6.42 Å². The molecule has 0 saturated carbocycles. The third-order valence-corrected chi connectivity index (χ3v) is 12.7. The molecule has 0 amide bonds. The number of phosphoric ester groups is 1. The average Bonchev–Trinajstić information content (AvgIpc) is 3.30. The summed E-state index contributed by atoms with van der Waals surface area (Å²) in [7, 11) is -4.37. The van der Waals surface area contributed by atoms with Crippen LogP contribution in [0, 0.1) is 0 Å². The molecule has 0 radical (unpaired) electrons. The van der Waals surface area contributed by atoms with Gasteiger partial charge in [0.25, 0.3) is 0 Å². The number of hydrogen-bond donors (Lipinski definition) is 2. The van der Waals surface area contributed by atoms with E-state index < -0.39 is 26.5 Å². The lowest BCUT2D eigenvalue weighted by Crippen LogP contribution is -2.29. The Morgan fingerprint density at radius 1 is 0.477 bits per heavy atom. The zero-order chi connectivity index (χ0) is 47.4. The molecule has 0 spiro atoms. The summed E-state index contributed by atoms with van der Waals surface area (Å²) in [6.45, 7) is 3.59. The van der Waals surface area contributed by atoms with Gasteiger partial charge in [-0.15, -0.1) is 0 Å². The number of carbonyl (C=O) groups excluding carboxylic acids is 2. The van der Waals surface area contributed by atoms with E-state index in [1.54, 1.807) is 0 Å². The first kappa shape index (κ1) is 63.0. The molecule has 65 heavy (non-hydrogen) atoms. The highest BCUT2D eigenvalue weighted by Crippen LogP contribution is 2.43. The van der Waals surface area contributed by atoms with Gasteiger partial charge in [-0.25, -0.2) is 4.57 Å². The average molecular weight is 936 g/mol. The van der Waals surface area contributed by atoms with Gasteiger partial charge in [0.2, 0.25) is 0 Å². The first-order chi connectivity index (χ1) is 31.8. The Kier molecular flexibility index (Phi) is 49.8. The lowest BCUT2D eigenvalue weighted by atomic mass is 10.0. The SMILES string of the molecule is CC/C=C\C/C=C\C/C=C\C/C=C\CCCCCCCCCCCCCCCCCCCCCCCCCCC(=O)OC(COC(=O)CCCCCCCCC)COP(=O)(O)OCCN. The molecule has 3 N–H and O–H groups in total. The van der Waals surface area contributed by atoms with E-state index in [9.17, 15) is 19.0 Å². The summed E-state index contributed by atoms with van der Waals surface area (Å²) in [5.41, 5.74) is 5.35. The van der Waals surface area contributed by atoms with Gasteiger partial charge in [0.1, 0.15) is 6.61 Å². The molecular formula is C55H102NO8P. The van der Waals surface area contributed by atoms with Crippen LogP contribution >= 0.6 is 7.82 Å². The van der Waals surface area contributed by atoms with Crippen molar-refractivity contribution in [1.29, 1.82) is 0 Å². The Labute approximate surface area is 400 Å². The topological polar surface area (TPSA) is 134 Å². The first-order valence-corrected chi connectivity index (χ1v) is 28.6. The summed E-state index contributed by atoms with van der Waals surface area (Å²) in [4.78, 5) is 34.8. The monoisotopic (exact) mass is 936 g/mol. The molecule has 10 heteroatoms. The standard InChI is InChI=1S/C55H102NO8P/c1-3-5-7-9-11-12-13-14-15-16-17-18-19-20-21-22-23-24-25-26-27-28-29-30-31-32-33-34-35-36-37-38-39-40-42-44-46-48-55(58)64-53(52-63-65(59,60)62-50-49-56)51-61-54(57)47-45-43-41-10-8-6-4-2/h5,7,11-12,14-15,17-18,53H,3-4,6,8-10,13,16,19-52,56H2,1-2H3,(H,59,60)/b7-5-,12-11-,15-14-,18-17-. The fourth-order valence-corrected chi connectivity index (χ4v) is 8.51. The van der Waals surface area contributed by atoms with Crippen molar-refractivity contribution in [3.8, 4) is 0 Å². The Hall–Kier alpha value is -2.03. The van der Waals surface area contributed by atoms with E-state index in [-0.39, 0.29) is 38.6 Å². The smallest absolute Gasteiger partial charge is 0.462 e. The Bertz CT molecular complexity index is 1200. The van der Waals surface area contributed by atoms with Crippen molar-refractivity contribution in [3.05, 3.63) is 48.6 Å². The molecule has 2 unspecified atom stereocenters. The van der Waals surface area contributed by atoms with Crippen molar-refractivity contribution < 1.29 is 37.6 Å². The Balaban J connectivity index is 3.69. The van der Waals surface area contributed by atoms with Crippen LogP contribution in [0.2, 0.25) is 0 Å². The van der Waals surface area contributed by atoms with E-state index in [4.69, 9.17) is 24.3 Å². The first-order valence-electron chi connectivity index (χ1n) is 27.1. The van der Waals surface area contributed by atoms with Crippen molar-refractivity contribution in [2.75, 3.05) is 26.4 Å². The molecule has 9 nitrogen and oxygen atoms in total. The molecule has 0 aliphatic carbocycles. The molecule has 380 valence electrons. The molecule has 0 aromatic heterocycles. The fraction of sp³-hybridized carbons (Fsp3) is 0.818. The maximum atomic E-state index is 12.6. The summed E-state index contributed by atoms with van der Waals surface area (Å²) in [6, 6.07) is 0. The van der Waals surface area contributed by atoms with Gasteiger partial charge < -0.3 is 20.1 Å². The second-order valence-corrected chi connectivity index (χ2v) is 19.5. The van der Waals surface area contributed by atoms with Gasteiger partial charge in [-0.2, -0.15) is 0 Å². The van der Waals surface area contributed by atoms with E-state index in [2.05, 4.69) is 62.5 Å². The van der Waals surface area contributed by atoms with Gasteiger partial charge in [0.15, 0.2) is 6.10 Å². The molecule has 0 aliphatic heterocycles. The lowest BCUT2D eigenvalue weighted by molar-refractivity contribution is -0.161. The number of nitrogens with two attached hydrogens (primary N) is 1. The van der Waals surface area contributed by atoms with Crippen LogP contribution in [0.15, 0.2) is 48.6 Å². The van der Waals surface area contributed by atoms with Crippen LogP contribution in [-0.2, 0) is 32.7 Å². The molecule has 2 atom stereocenters. The summed E-state index contributed by atoms with van der Waals surface area (Å²) in [5, 5.41) is 0. The number of hydrogen-bond acceptors (Lipinski definition) is 8. The van der Waals surface area contributed by atoms with Gasteiger partial charge in [-0.1, -0.05) is 242 Å². The molecule has 0 aromatic carbocycles. The number of allylic oxidation sites excluding steroid dienone is 8. The molecule has 0 rings (SSSR count). The van der Waals surface area contributed by atoms with Crippen LogP contribution in [0.25, 0.3) is 0 Å². The lowest BCUT2D eigenvalue weighted by Gasteiger charge is -2.19. The molecule has 0 aliphatic rings. The van der Waals surface area contributed by atoms with E-state index in [0.717, 1.165) is 57.8 Å². The van der Waals surface area contributed by atoms with Crippen molar-refractivity contribution in [1.82, 2.24) is 0 Å². The third-order valence-electron chi connectivity index (χ3n) is 11.7. The van der Waals surface area contributed by atoms with Crippen LogP contribution in [0.4, 0.5) is 0 Å². The third kappa shape index (κ3) is 51.2. The molecule has 0 fully saturated rings. The Morgan fingerprint density at radius 3 is 1.26 bits per heavy atom.